The molecule has 0 amide bonds. The molecule has 276 valence electrons. The number of tetrazole rings is 1. The zero-order valence-corrected chi connectivity index (χ0v) is 30.1. The van der Waals surface area contributed by atoms with E-state index in [1.807, 2.05) is 0 Å². The molecule has 4 rings (SSSR count). The Morgan fingerprint density at radius 2 is 1.36 bits per heavy atom. The van der Waals surface area contributed by atoms with Gasteiger partial charge in [0.15, 0.2) is 0 Å². The standard InChI is InChI=1S/C6H10N3O2P.C5H10N5O2P.C5H9N4O2P.C4H9N6O2P/c10-6(4-11-8-12)3-9-2-1-7-5-9;11-4(2-12-10-13)1-6-5-7-3-8-9-5;10-5(2-11-8-12)1-9-4-6-3-7-9;11-3(2-12-10-13)1-5-4-6-8-9-7-4/h1-2,5-6,10,12H,3-4H2;3-4,11,13H,1-2H2,(H2,6,7,8,9);3-5,10,12H,1-2H2;3,11,13H,1-2H2,(H2,5,6,7,8,9). The smallest absolute Gasteiger partial charge is 0.263 e. The molecule has 8 N–H and O–H groups in total. The predicted octanol–water partition coefficient (Wildman–Crippen LogP) is -0.535. The summed E-state index contributed by atoms with van der Waals surface area (Å²) in [5, 5.41) is 65.4. The topological polar surface area (TPSA) is 336 Å². The zero-order chi connectivity index (χ0) is 36.7. The number of aliphatic hydroxyl groups excluding tert-OH is 4. The summed E-state index contributed by atoms with van der Waals surface area (Å²) in [5.41, 5.74) is 0. The molecular formula is C20H38N18O8P4. The highest BCUT2D eigenvalue weighted by Gasteiger charge is 2.07. The normalized spacial score (nSPS) is 12.6. The molecule has 0 saturated heterocycles. The van der Waals surface area contributed by atoms with Crippen LogP contribution in [0, 0.1) is 0 Å². The highest BCUT2D eigenvalue weighted by Crippen LogP contribution is 1.96. The van der Waals surface area contributed by atoms with E-state index < -0.39 is 24.4 Å². The molecule has 0 radical (unpaired) electrons. The molecule has 0 aliphatic heterocycles. The Balaban J connectivity index is 0.000000334. The van der Waals surface area contributed by atoms with Gasteiger partial charge < -0.3 is 35.6 Å². The van der Waals surface area contributed by atoms with Crippen LogP contribution in [0.25, 0.3) is 0 Å². The van der Waals surface area contributed by atoms with Crippen LogP contribution in [0.4, 0.5) is 11.9 Å². The van der Waals surface area contributed by atoms with E-state index in [2.05, 4.69) is 137 Å². The number of H-pyrrole nitrogens is 2. The molecule has 0 aliphatic carbocycles. The molecule has 0 spiro atoms. The number of nitrogens with zero attached hydrogens (tertiary/aromatic N) is 14. The van der Waals surface area contributed by atoms with E-state index in [4.69, 9.17) is 0 Å². The molecule has 50 heavy (non-hydrogen) atoms. The van der Waals surface area contributed by atoms with Gasteiger partial charge in [0.2, 0.25) is 5.95 Å². The van der Waals surface area contributed by atoms with Gasteiger partial charge in [-0.15, -0.1) is 24.7 Å². The van der Waals surface area contributed by atoms with Crippen LogP contribution >= 0.6 is 36.1 Å². The highest BCUT2D eigenvalue weighted by molar-refractivity contribution is 7.04. The van der Waals surface area contributed by atoms with Crippen molar-refractivity contribution in [2.45, 2.75) is 37.5 Å². The molecule has 4 heterocycles. The summed E-state index contributed by atoms with van der Waals surface area (Å²) in [6.45, 7) is 1.89. The molecule has 30 heteroatoms. The number of nitrogens with one attached hydrogen (secondary N) is 4. The van der Waals surface area contributed by atoms with E-state index in [-0.39, 0.29) is 33.0 Å². The number of aromatic nitrogens is 12. The molecule has 4 atom stereocenters. The largest absolute Gasteiger partial charge is 0.389 e. The van der Waals surface area contributed by atoms with Crippen molar-refractivity contribution in [3.8, 4) is 0 Å². The minimum absolute atomic E-state index is 0.0916. The lowest BCUT2D eigenvalue weighted by atomic mass is 10.4. The number of aliphatic hydroxyl groups is 4. The van der Waals surface area contributed by atoms with Gasteiger partial charge >= 0.3 is 0 Å². The first-order chi connectivity index (χ1) is 24.3. The fourth-order valence-electron chi connectivity index (χ4n) is 2.85. The quantitative estimate of drug-likeness (QED) is 0.0367. The van der Waals surface area contributed by atoms with Crippen LogP contribution < -0.4 is 10.6 Å². The van der Waals surface area contributed by atoms with Crippen molar-refractivity contribution in [2.24, 2.45) is 19.6 Å². The summed E-state index contributed by atoms with van der Waals surface area (Å²) in [4.78, 5) is 42.5. The van der Waals surface area contributed by atoms with Gasteiger partial charge in [0.1, 0.15) is 45.4 Å². The highest BCUT2D eigenvalue weighted by atomic mass is 31.0. The van der Waals surface area contributed by atoms with Crippen LogP contribution in [0.2, 0.25) is 0 Å². The minimum Gasteiger partial charge on any atom is -0.389 e. The first kappa shape index (κ1) is 44.3. The lowest BCUT2D eigenvalue weighted by Gasteiger charge is -2.08. The first-order valence-electron chi connectivity index (χ1n) is 13.8. The van der Waals surface area contributed by atoms with Gasteiger partial charge in [-0.1, -0.05) is 5.10 Å². The Bertz CT molecular complexity index is 1240. The Labute approximate surface area is 292 Å². The Hall–Kier alpha value is -3.76. The van der Waals surface area contributed by atoms with Crippen LogP contribution in [0.15, 0.2) is 57.3 Å². The number of aromatic amines is 2. The van der Waals surface area contributed by atoms with Gasteiger partial charge in [0.05, 0.1) is 43.8 Å². The fraction of sp³-hybridized carbons (Fsp3) is 0.600. The van der Waals surface area contributed by atoms with E-state index in [1.165, 1.54) is 23.7 Å². The van der Waals surface area contributed by atoms with Gasteiger partial charge in [0.25, 0.3) is 5.95 Å². The van der Waals surface area contributed by atoms with Crippen molar-refractivity contribution in [1.82, 2.24) is 60.1 Å². The Morgan fingerprint density at radius 3 is 1.84 bits per heavy atom. The predicted molar refractivity (Wildman–Crippen MR) is 181 cm³/mol. The number of imidazole rings is 1. The van der Waals surface area contributed by atoms with Gasteiger partial charge in [-0.3, -0.25) is 4.68 Å². The molecule has 4 aromatic heterocycles. The number of anilines is 2. The van der Waals surface area contributed by atoms with Crippen LogP contribution in [-0.4, -0.2) is 144 Å². The maximum Gasteiger partial charge on any atom is 0.263 e. The van der Waals surface area contributed by atoms with Crippen molar-refractivity contribution in [2.75, 3.05) is 50.2 Å². The molecule has 4 unspecified atom stereocenters. The molecule has 4 aromatic rings. The SMILES string of the molecule is OC(CNc1ncn[nH]1)CON=P.OC(CNc1nn[nH]n1)CON=P.OC(CON=P)Cn1ccnc1.OC(CON=P)Cn1cncn1. The van der Waals surface area contributed by atoms with Gasteiger partial charge in [-0.25, -0.2) is 39.4 Å². The van der Waals surface area contributed by atoms with E-state index in [0.29, 0.717) is 31.5 Å². The molecule has 0 aromatic carbocycles. The van der Waals surface area contributed by atoms with Gasteiger partial charge in [-0.05, 0) is 5.21 Å². The summed E-state index contributed by atoms with van der Waals surface area (Å²) in [6, 6.07) is 0. The molecule has 0 saturated carbocycles. The lowest BCUT2D eigenvalue weighted by molar-refractivity contribution is 0.0320. The van der Waals surface area contributed by atoms with Crippen LogP contribution in [0.1, 0.15) is 0 Å². The summed E-state index contributed by atoms with van der Waals surface area (Å²) < 4.78 is 3.28. The number of hydrogen-bond acceptors (Lipinski definition) is 22. The maximum atomic E-state index is 9.30. The van der Waals surface area contributed by atoms with Gasteiger partial charge in [-0.2, -0.15) is 15.4 Å². The van der Waals surface area contributed by atoms with Crippen molar-refractivity contribution >= 4 is 48.0 Å². The molecule has 0 aliphatic rings. The maximum absolute atomic E-state index is 9.30. The van der Waals surface area contributed by atoms with Crippen molar-refractivity contribution in [1.29, 1.82) is 0 Å². The third-order valence-corrected chi connectivity index (χ3v) is 5.45. The second-order valence-corrected chi connectivity index (χ2v) is 9.60. The minimum atomic E-state index is -0.682. The average molecular weight is 783 g/mol. The van der Waals surface area contributed by atoms with Crippen LogP contribution in [0.5, 0.6) is 0 Å². The molecule has 0 bridgehead atoms. The van der Waals surface area contributed by atoms with E-state index in [9.17, 15) is 20.4 Å². The van der Waals surface area contributed by atoms with E-state index in [0.717, 1.165) is 0 Å². The van der Waals surface area contributed by atoms with E-state index in [1.54, 1.807) is 23.3 Å². The summed E-state index contributed by atoms with van der Waals surface area (Å²) in [6.07, 6.45) is 6.83. The average Bonchev–Trinajstić information content (AvgIpc) is 3.97. The third kappa shape index (κ3) is 24.4. The van der Waals surface area contributed by atoms with Gasteiger partial charge in [0, 0.05) is 61.6 Å². The second kappa shape index (κ2) is 30.1. The zero-order valence-electron chi connectivity index (χ0n) is 26.1. The summed E-state index contributed by atoms with van der Waals surface area (Å²) in [5.74, 6) is 0.837. The monoisotopic (exact) mass is 782 g/mol. The Kier molecular flexibility index (Phi) is 26.6. The molecule has 26 nitrogen and oxygen atoms in total. The first-order valence-corrected chi connectivity index (χ1v) is 15.6. The van der Waals surface area contributed by atoms with Crippen molar-refractivity contribution in [3.05, 3.63) is 37.7 Å². The molecular weight excluding hydrogens is 744 g/mol. The van der Waals surface area contributed by atoms with E-state index >= 15 is 0 Å². The number of hydrogen-bond donors (Lipinski definition) is 8. The van der Waals surface area contributed by atoms with Crippen molar-refractivity contribution in [3.63, 3.8) is 0 Å². The lowest BCUT2D eigenvalue weighted by Crippen LogP contribution is -2.24. The summed E-state index contributed by atoms with van der Waals surface area (Å²) in [7, 11) is 11.0. The number of rotatable bonds is 22. The van der Waals surface area contributed by atoms with Crippen LogP contribution in [-0.2, 0) is 32.4 Å². The third-order valence-electron chi connectivity index (χ3n) is 4.93. The molecule has 0 fully saturated rings. The van der Waals surface area contributed by atoms with Crippen molar-refractivity contribution < 1.29 is 39.8 Å². The van der Waals surface area contributed by atoms with Crippen LogP contribution in [0.3, 0.4) is 0 Å². The Morgan fingerprint density at radius 1 is 0.760 bits per heavy atom. The second-order valence-electron chi connectivity index (χ2n) is 8.87. The summed E-state index contributed by atoms with van der Waals surface area (Å²) >= 11 is 0. The fourth-order valence-corrected chi connectivity index (χ4v) is 3.15.